The molecule has 2 amide bonds. The van der Waals surface area contributed by atoms with E-state index in [-0.39, 0.29) is 24.2 Å². The molecule has 8 nitrogen and oxygen atoms in total. The number of amides is 2. The zero-order chi connectivity index (χ0) is 17.9. The highest BCUT2D eigenvalue weighted by molar-refractivity contribution is 5.89. The maximum Gasteiger partial charge on any atom is 0.225 e. The van der Waals surface area contributed by atoms with Crippen LogP contribution in [0.1, 0.15) is 17.5 Å². The molecule has 0 saturated carbocycles. The van der Waals surface area contributed by atoms with Gasteiger partial charge in [0.1, 0.15) is 11.0 Å². The Morgan fingerprint density at radius 3 is 2.96 bits per heavy atom. The Morgan fingerprint density at radius 2 is 2.12 bits per heavy atom. The normalized spacial score (nSPS) is 17.0. The second kappa shape index (κ2) is 6.91. The van der Waals surface area contributed by atoms with Crippen molar-refractivity contribution in [3.8, 4) is 0 Å². The third-order valence-electron chi connectivity index (χ3n) is 4.47. The third kappa shape index (κ3) is 3.39. The van der Waals surface area contributed by atoms with Crippen LogP contribution in [0.25, 0.3) is 11.0 Å². The zero-order valence-corrected chi connectivity index (χ0v) is 14.0. The number of hydrogen-bond donors (Lipinski definition) is 1. The summed E-state index contributed by atoms with van der Waals surface area (Å²) in [6.07, 6.45) is 3.66. The molecule has 132 valence electrons. The van der Waals surface area contributed by atoms with Gasteiger partial charge in [0, 0.05) is 38.4 Å². The molecule has 0 aliphatic carbocycles. The fourth-order valence-corrected chi connectivity index (χ4v) is 3.08. The van der Waals surface area contributed by atoms with Crippen molar-refractivity contribution in [2.24, 2.45) is 5.92 Å². The minimum absolute atomic E-state index is 0.0101. The quantitative estimate of drug-likeness (QED) is 0.743. The number of nitrogens with one attached hydrogen (secondary N) is 1. The van der Waals surface area contributed by atoms with Gasteiger partial charge < -0.3 is 10.2 Å². The number of pyridine rings is 1. The summed E-state index contributed by atoms with van der Waals surface area (Å²) in [5.74, 6) is -0.467. The van der Waals surface area contributed by atoms with Crippen LogP contribution in [-0.2, 0) is 22.7 Å². The number of hydrogen-bond acceptors (Lipinski definition) is 6. The Bertz CT molecular complexity index is 940. The van der Waals surface area contributed by atoms with Crippen molar-refractivity contribution in [1.82, 2.24) is 25.5 Å². The highest BCUT2D eigenvalue weighted by Crippen LogP contribution is 2.20. The summed E-state index contributed by atoms with van der Waals surface area (Å²) in [5.41, 5.74) is 3.18. The van der Waals surface area contributed by atoms with Crippen molar-refractivity contribution in [3.05, 3.63) is 53.9 Å². The summed E-state index contributed by atoms with van der Waals surface area (Å²) < 4.78 is 4.66. The Kier molecular flexibility index (Phi) is 4.30. The number of benzene rings is 1. The maximum atomic E-state index is 12.4. The zero-order valence-electron chi connectivity index (χ0n) is 14.0. The topological polar surface area (TPSA) is 101 Å². The van der Waals surface area contributed by atoms with Gasteiger partial charge in [0.25, 0.3) is 0 Å². The number of nitrogens with zero attached hydrogens (tertiary/aromatic N) is 4. The lowest BCUT2D eigenvalue weighted by Crippen LogP contribution is -2.32. The van der Waals surface area contributed by atoms with Gasteiger partial charge in [-0.2, -0.15) is 0 Å². The lowest BCUT2D eigenvalue weighted by Gasteiger charge is -2.16. The van der Waals surface area contributed by atoms with Gasteiger partial charge >= 0.3 is 0 Å². The van der Waals surface area contributed by atoms with Crippen LogP contribution in [0.5, 0.6) is 0 Å². The van der Waals surface area contributed by atoms with Crippen molar-refractivity contribution < 1.29 is 14.2 Å². The van der Waals surface area contributed by atoms with Crippen LogP contribution in [0.2, 0.25) is 0 Å². The molecule has 2 aromatic heterocycles. The largest absolute Gasteiger partial charge is 0.352 e. The van der Waals surface area contributed by atoms with E-state index in [1.54, 1.807) is 23.4 Å². The molecule has 1 aliphatic heterocycles. The fourth-order valence-electron chi connectivity index (χ4n) is 3.08. The van der Waals surface area contributed by atoms with E-state index in [4.69, 9.17) is 0 Å². The van der Waals surface area contributed by atoms with Crippen molar-refractivity contribution in [2.75, 3.05) is 6.54 Å². The molecule has 3 heterocycles. The van der Waals surface area contributed by atoms with Crippen LogP contribution in [0, 0.1) is 5.92 Å². The number of rotatable bonds is 5. The van der Waals surface area contributed by atoms with Crippen LogP contribution in [0.15, 0.2) is 47.4 Å². The average molecular weight is 351 g/mol. The predicted octanol–water partition coefficient (Wildman–Crippen LogP) is 1.28. The first-order valence-electron chi connectivity index (χ1n) is 8.34. The molecule has 26 heavy (non-hydrogen) atoms. The Balaban J connectivity index is 1.34. The molecule has 1 saturated heterocycles. The molecule has 0 unspecified atom stereocenters. The first-order valence-corrected chi connectivity index (χ1v) is 8.34. The third-order valence-corrected chi connectivity index (χ3v) is 4.47. The van der Waals surface area contributed by atoms with Gasteiger partial charge in [-0.1, -0.05) is 12.1 Å². The number of fused-ring (bicyclic) bond motifs is 1. The lowest BCUT2D eigenvalue weighted by molar-refractivity contribution is -0.129. The van der Waals surface area contributed by atoms with E-state index in [1.165, 1.54) is 0 Å². The Labute approximate surface area is 149 Å². The molecule has 8 heteroatoms. The second-order valence-electron chi connectivity index (χ2n) is 6.34. The van der Waals surface area contributed by atoms with Gasteiger partial charge in [0.05, 0.1) is 5.92 Å². The summed E-state index contributed by atoms with van der Waals surface area (Å²) in [6.45, 7) is 1.27. The van der Waals surface area contributed by atoms with E-state index in [2.05, 4.69) is 25.2 Å². The molecule has 0 radical (unpaired) electrons. The van der Waals surface area contributed by atoms with Crippen molar-refractivity contribution in [2.45, 2.75) is 19.5 Å². The van der Waals surface area contributed by atoms with Gasteiger partial charge in [0.2, 0.25) is 11.8 Å². The van der Waals surface area contributed by atoms with Gasteiger partial charge in [0.15, 0.2) is 0 Å². The molecule has 0 spiro atoms. The smallest absolute Gasteiger partial charge is 0.225 e. The highest BCUT2D eigenvalue weighted by Gasteiger charge is 2.34. The van der Waals surface area contributed by atoms with Crippen LogP contribution in [-0.4, -0.2) is 38.6 Å². The molecule has 1 N–H and O–H groups in total. The molecular weight excluding hydrogens is 334 g/mol. The minimum atomic E-state index is -0.336. The fraction of sp³-hybridized carbons (Fsp3) is 0.278. The van der Waals surface area contributed by atoms with Crippen molar-refractivity contribution in [1.29, 1.82) is 0 Å². The number of aromatic nitrogens is 3. The monoisotopic (exact) mass is 351 g/mol. The van der Waals surface area contributed by atoms with Gasteiger partial charge in [-0.3, -0.25) is 14.6 Å². The van der Waals surface area contributed by atoms with E-state index >= 15 is 0 Å². The molecule has 1 aromatic carbocycles. The van der Waals surface area contributed by atoms with E-state index in [1.807, 2.05) is 24.3 Å². The summed E-state index contributed by atoms with van der Waals surface area (Å²) in [5, 5.41) is 10.4. The molecular formula is C18H17N5O3. The highest BCUT2D eigenvalue weighted by atomic mass is 16.6. The summed E-state index contributed by atoms with van der Waals surface area (Å²) in [6, 6.07) is 9.23. The second-order valence-corrected chi connectivity index (χ2v) is 6.34. The van der Waals surface area contributed by atoms with Crippen molar-refractivity contribution >= 4 is 22.8 Å². The first kappa shape index (κ1) is 16.2. The van der Waals surface area contributed by atoms with Crippen LogP contribution < -0.4 is 5.32 Å². The van der Waals surface area contributed by atoms with E-state index < -0.39 is 0 Å². The predicted molar refractivity (Wildman–Crippen MR) is 91.4 cm³/mol. The summed E-state index contributed by atoms with van der Waals surface area (Å²) in [4.78, 5) is 30.4. The Hall–Kier alpha value is -3.29. The average Bonchev–Trinajstić information content (AvgIpc) is 3.27. The van der Waals surface area contributed by atoms with Gasteiger partial charge in [-0.15, -0.1) is 0 Å². The van der Waals surface area contributed by atoms with Crippen LogP contribution in [0.4, 0.5) is 0 Å². The molecule has 4 rings (SSSR count). The molecule has 0 bridgehead atoms. The summed E-state index contributed by atoms with van der Waals surface area (Å²) in [7, 11) is 0. The van der Waals surface area contributed by atoms with Crippen LogP contribution >= 0.6 is 0 Å². The maximum absolute atomic E-state index is 12.4. The van der Waals surface area contributed by atoms with Crippen molar-refractivity contribution in [3.63, 3.8) is 0 Å². The lowest BCUT2D eigenvalue weighted by atomic mass is 10.1. The molecule has 1 atom stereocenters. The summed E-state index contributed by atoms with van der Waals surface area (Å²) >= 11 is 0. The first-order chi connectivity index (χ1) is 12.7. The minimum Gasteiger partial charge on any atom is -0.352 e. The molecule has 1 aliphatic rings. The number of carbonyl (C=O) groups is 2. The molecule has 3 aromatic rings. The van der Waals surface area contributed by atoms with Gasteiger partial charge in [-0.25, -0.2) is 4.63 Å². The molecule has 1 fully saturated rings. The van der Waals surface area contributed by atoms with Gasteiger partial charge in [-0.05, 0) is 39.6 Å². The SMILES string of the molecule is O=C(NCc1ccc2nonc2c1)[C@@H]1CC(=O)N(Cc2cccnc2)C1. The van der Waals surface area contributed by atoms with E-state index in [9.17, 15) is 9.59 Å². The standard InChI is InChI=1S/C18H17N5O3/c24-17-7-14(11-23(17)10-13-2-1-5-19-8-13)18(25)20-9-12-3-4-15-16(6-12)22-26-21-15/h1-6,8,14H,7,9-11H2,(H,20,25)/t14-/m1/s1. The van der Waals surface area contributed by atoms with Crippen LogP contribution in [0.3, 0.4) is 0 Å². The van der Waals surface area contributed by atoms with E-state index in [0.717, 1.165) is 11.1 Å². The number of likely N-dealkylation sites (tertiary alicyclic amines) is 1. The Morgan fingerprint density at radius 1 is 1.23 bits per heavy atom. The van der Waals surface area contributed by atoms with E-state index in [0.29, 0.717) is 30.7 Å². The number of carbonyl (C=O) groups excluding carboxylic acids is 2.